The van der Waals surface area contributed by atoms with Gasteiger partial charge in [0.15, 0.2) is 5.82 Å². The number of H-pyrrole nitrogens is 1. The summed E-state index contributed by atoms with van der Waals surface area (Å²) in [4.78, 5) is 33.6. The van der Waals surface area contributed by atoms with E-state index in [2.05, 4.69) is 15.3 Å². The first-order valence-corrected chi connectivity index (χ1v) is 8.08. The van der Waals surface area contributed by atoms with Crippen LogP contribution >= 0.6 is 0 Å². The van der Waals surface area contributed by atoms with Crippen molar-refractivity contribution in [1.29, 1.82) is 0 Å². The Balaban J connectivity index is 1.92. The number of carbonyl (C=O) groups is 2. The zero-order valence-electron chi connectivity index (χ0n) is 13.9. The van der Waals surface area contributed by atoms with Crippen molar-refractivity contribution in [2.45, 2.75) is 56.8 Å². The van der Waals surface area contributed by atoms with Gasteiger partial charge < -0.3 is 19.9 Å². The van der Waals surface area contributed by atoms with Crippen LogP contribution in [0.3, 0.4) is 0 Å². The lowest BCUT2D eigenvalue weighted by Crippen LogP contribution is -2.54. The van der Waals surface area contributed by atoms with Gasteiger partial charge in [0.1, 0.15) is 0 Å². The predicted molar refractivity (Wildman–Crippen MR) is 83.8 cm³/mol. The van der Waals surface area contributed by atoms with Crippen LogP contribution in [0.25, 0.3) is 0 Å². The van der Waals surface area contributed by atoms with Gasteiger partial charge in [0.05, 0.1) is 23.7 Å². The smallest absolute Gasteiger partial charge is 0.290 e. The molecule has 3 rings (SSSR count). The van der Waals surface area contributed by atoms with Gasteiger partial charge in [-0.1, -0.05) is 0 Å². The average Bonchev–Trinajstić information content (AvgIpc) is 3.19. The minimum absolute atomic E-state index is 0.0654. The molecule has 0 radical (unpaired) electrons. The lowest BCUT2D eigenvalue weighted by molar-refractivity contribution is -0.126. The molecule has 1 aromatic rings. The number of amides is 2. The highest BCUT2D eigenvalue weighted by Crippen LogP contribution is 2.49. The van der Waals surface area contributed by atoms with E-state index < -0.39 is 5.54 Å². The van der Waals surface area contributed by atoms with Crippen molar-refractivity contribution in [3.63, 3.8) is 0 Å². The maximum Gasteiger partial charge on any atom is 0.290 e. The number of nitrogens with one attached hydrogen (secondary N) is 2. The maximum absolute atomic E-state index is 12.9. The van der Waals surface area contributed by atoms with Crippen molar-refractivity contribution < 1.29 is 14.3 Å². The molecule has 7 heteroatoms. The Morgan fingerprint density at radius 2 is 2.30 bits per heavy atom. The van der Waals surface area contributed by atoms with Gasteiger partial charge in [0.25, 0.3) is 5.91 Å². The first-order chi connectivity index (χ1) is 10.9. The van der Waals surface area contributed by atoms with Crippen LogP contribution in [0, 0.1) is 0 Å². The molecule has 0 aromatic carbocycles. The molecule has 1 aromatic heterocycles. The van der Waals surface area contributed by atoms with E-state index in [4.69, 9.17) is 4.74 Å². The number of hydrogen-bond donors (Lipinski definition) is 2. The first kappa shape index (κ1) is 16.0. The summed E-state index contributed by atoms with van der Waals surface area (Å²) in [5, 5.41) is 2.66. The third-order valence-corrected chi connectivity index (χ3v) is 4.92. The van der Waals surface area contributed by atoms with E-state index in [-0.39, 0.29) is 29.9 Å². The molecular formula is C16H24N4O3. The zero-order valence-corrected chi connectivity index (χ0v) is 13.9. The summed E-state index contributed by atoms with van der Waals surface area (Å²) >= 11 is 0. The van der Waals surface area contributed by atoms with Crippen molar-refractivity contribution in [1.82, 2.24) is 20.2 Å². The van der Waals surface area contributed by atoms with Crippen molar-refractivity contribution in [2.75, 3.05) is 13.6 Å². The lowest BCUT2D eigenvalue weighted by atomic mass is 9.82. The summed E-state index contributed by atoms with van der Waals surface area (Å²) in [5.74, 6) is 0.162. The molecule has 2 aliphatic heterocycles. The second-order valence-electron chi connectivity index (χ2n) is 7.02. The summed E-state index contributed by atoms with van der Waals surface area (Å²) in [6.07, 6.45) is 5.69. The summed E-state index contributed by atoms with van der Waals surface area (Å²) in [5.41, 5.74) is -0.787. The molecule has 126 valence electrons. The van der Waals surface area contributed by atoms with Gasteiger partial charge in [0.2, 0.25) is 5.91 Å². The second-order valence-corrected chi connectivity index (χ2v) is 7.02. The van der Waals surface area contributed by atoms with Crippen LogP contribution < -0.4 is 5.32 Å². The minimum atomic E-state index is -0.431. The number of imidazole rings is 1. The highest BCUT2D eigenvalue weighted by molar-refractivity contribution is 5.91. The molecule has 3 heterocycles. The molecule has 0 aliphatic carbocycles. The van der Waals surface area contributed by atoms with Crippen LogP contribution in [-0.2, 0) is 9.53 Å². The van der Waals surface area contributed by atoms with Gasteiger partial charge in [-0.15, -0.1) is 0 Å². The molecule has 0 bridgehead atoms. The van der Waals surface area contributed by atoms with Crippen LogP contribution in [0.15, 0.2) is 12.4 Å². The number of aromatic nitrogens is 2. The number of ether oxygens (including phenoxy) is 1. The Labute approximate surface area is 135 Å². The molecule has 1 spiro atoms. The van der Waals surface area contributed by atoms with Crippen molar-refractivity contribution in [2.24, 2.45) is 0 Å². The Bertz CT molecular complexity index is 598. The Morgan fingerprint density at radius 1 is 1.52 bits per heavy atom. The highest BCUT2D eigenvalue weighted by Gasteiger charge is 2.58. The summed E-state index contributed by atoms with van der Waals surface area (Å²) in [6.45, 7) is 4.71. The van der Waals surface area contributed by atoms with Crippen LogP contribution in [0.2, 0.25) is 0 Å². The molecule has 0 saturated carbocycles. The molecule has 2 N–H and O–H groups in total. The summed E-state index contributed by atoms with van der Waals surface area (Å²) < 4.78 is 6.17. The normalized spacial score (nSPS) is 29.2. The summed E-state index contributed by atoms with van der Waals surface area (Å²) in [6, 6.07) is 0. The van der Waals surface area contributed by atoms with Crippen molar-refractivity contribution in [3.8, 4) is 0 Å². The fourth-order valence-corrected chi connectivity index (χ4v) is 4.12. The SMILES string of the molecule is CNC(=O)C[C@@H]1OC(C)(C)C[C@]12CCCN2C(=O)c1ncc[nH]1. The molecule has 23 heavy (non-hydrogen) atoms. The van der Waals surface area contributed by atoms with Gasteiger partial charge in [-0.2, -0.15) is 0 Å². The zero-order chi connectivity index (χ0) is 16.7. The minimum Gasteiger partial charge on any atom is -0.369 e. The van der Waals surface area contributed by atoms with E-state index in [1.165, 1.54) is 0 Å². The fourth-order valence-electron chi connectivity index (χ4n) is 4.12. The topological polar surface area (TPSA) is 87.3 Å². The first-order valence-electron chi connectivity index (χ1n) is 8.08. The van der Waals surface area contributed by atoms with Gasteiger partial charge >= 0.3 is 0 Å². The Hall–Kier alpha value is -1.89. The second kappa shape index (κ2) is 5.63. The third kappa shape index (κ3) is 2.73. The number of hydrogen-bond acceptors (Lipinski definition) is 4. The number of nitrogens with zero attached hydrogens (tertiary/aromatic N) is 2. The summed E-state index contributed by atoms with van der Waals surface area (Å²) in [7, 11) is 1.62. The van der Waals surface area contributed by atoms with Crippen LogP contribution in [0.4, 0.5) is 0 Å². The van der Waals surface area contributed by atoms with E-state index in [9.17, 15) is 9.59 Å². The largest absolute Gasteiger partial charge is 0.369 e. The van der Waals surface area contributed by atoms with Gasteiger partial charge in [-0.05, 0) is 26.7 Å². The van der Waals surface area contributed by atoms with Crippen LogP contribution in [-0.4, -0.2) is 57.5 Å². The van der Waals surface area contributed by atoms with Gasteiger partial charge in [-0.25, -0.2) is 4.98 Å². The van der Waals surface area contributed by atoms with Crippen LogP contribution in [0.5, 0.6) is 0 Å². The van der Waals surface area contributed by atoms with E-state index in [1.54, 1.807) is 19.4 Å². The molecule has 2 amide bonds. The molecular weight excluding hydrogens is 296 g/mol. The molecule has 2 fully saturated rings. The van der Waals surface area contributed by atoms with E-state index >= 15 is 0 Å². The van der Waals surface area contributed by atoms with Gasteiger partial charge in [-0.3, -0.25) is 9.59 Å². The average molecular weight is 320 g/mol. The molecule has 2 saturated heterocycles. The highest BCUT2D eigenvalue weighted by atomic mass is 16.5. The Morgan fingerprint density at radius 3 is 2.96 bits per heavy atom. The van der Waals surface area contributed by atoms with Gasteiger partial charge in [0, 0.05) is 32.4 Å². The molecule has 2 atom stereocenters. The van der Waals surface area contributed by atoms with E-state index in [1.807, 2.05) is 18.7 Å². The number of aromatic amines is 1. The fraction of sp³-hybridized carbons (Fsp3) is 0.688. The van der Waals surface area contributed by atoms with Crippen LogP contribution in [0.1, 0.15) is 50.1 Å². The number of likely N-dealkylation sites (tertiary alicyclic amines) is 1. The lowest BCUT2D eigenvalue weighted by Gasteiger charge is -2.38. The quantitative estimate of drug-likeness (QED) is 0.873. The standard InChI is InChI=1S/C16H24N4O3/c1-15(2)10-16(11(23-15)9-12(21)17-3)5-4-8-20(16)14(22)13-18-6-7-19-13/h6-7,11H,4-5,8-10H2,1-3H3,(H,17,21)(H,18,19)/t11-,16+/m0/s1. The predicted octanol–water partition coefficient (Wildman–Crippen LogP) is 1.09. The Kier molecular flexibility index (Phi) is 3.91. The van der Waals surface area contributed by atoms with E-state index in [0.717, 1.165) is 19.3 Å². The van der Waals surface area contributed by atoms with E-state index in [0.29, 0.717) is 12.4 Å². The molecule has 7 nitrogen and oxygen atoms in total. The number of rotatable bonds is 3. The monoisotopic (exact) mass is 320 g/mol. The third-order valence-electron chi connectivity index (χ3n) is 4.92. The van der Waals surface area contributed by atoms with Crippen molar-refractivity contribution >= 4 is 11.8 Å². The maximum atomic E-state index is 12.9. The van der Waals surface area contributed by atoms with Crippen molar-refractivity contribution in [3.05, 3.63) is 18.2 Å². The molecule has 2 aliphatic rings. The molecule has 0 unspecified atom stereocenters. The number of carbonyl (C=O) groups excluding carboxylic acids is 2.